The van der Waals surface area contributed by atoms with Crippen LogP contribution in [0.5, 0.6) is 0 Å². The van der Waals surface area contributed by atoms with E-state index >= 15 is 0 Å². The summed E-state index contributed by atoms with van der Waals surface area (Å²) in [6.45, 7) is 7.21. The Labute approximate surface area is 179 Å². The third kappa shape index (κ3) is 4.25. The number of unbranched alkanes of at least 4 members (excludes halogenated alkanes) is 1. The summed E-state index contributed by atoms with van der Waals surface area (Å²) in [5.74, 6) is 2.25. The van der Waals surface area contributed by atoms with Crippen LogP contribution < -0.4 is 0 Å². The zero-order valence-corrected chi connectivity index (χ0v) is 18.2. The van der Waals surface area contributed by atoms with E-state index in [1.165, 1.54) is 11.1 Å². The molecule has 3 aromatic heterocycles. The van der Waals surface area contributed by atoms with Crippen molar-refractivity contribution < 1.29 is 0 Å². The summed E-state index contributed by atoms with van der Waals surface area (Å²) in [5.41, 5.74) is 4.47. The van der Waals surface area contributed by atoms with Crippen molar-refractivity contribution in [3.05, 3.63) is 59.7 Å². The zero-order valence-electron chi connectivity index (χ0n) is 17.4. The van der Waals surface area contributed by atoms with Crippen LogP contribution in [0.4, 0.5) is 0 Å². The Balaban J connectivity index is 1.69. The number of hydrogen-bond acceptors (Lipinski definition) is 7. The molecule has 0 unspecified atom stereocenters. The van der Waals surface area contributed by atoms with E-state index in [9.17, 15) is 0 Å². The summed E-state index contributed by atoms with van der Waals surface area (Å²) in [4.78, 5) is 4.12. The van der Waals surface area contributed by atoms with Gasteiger partial charge in [0.25, 0.3) is 0 Å². The lowest BCUT2D eigenvalue weighted by Crippen LogP contribution is -2.06. The average molecular weight is 421 g/mol. The molecule has 9 heteroatoms. The van der Waals surface area contributed by atoms with Gasteiger partial charge in [-0.05, 0) is 66.1 Å². The highest BCUT2D eigenvalue weighted by Gasteiger charge is 2.18. The highest BCUT2D eigenvalue weighted by atomic mass is 32.2. The van der Waals surface area contributed by atoms with Crippen LogP contribution >= 0.6 is 11.8 Å². The maximum Gasteiger partial charge on any atom is 0.196 e. The molecule has 0 amide bonds. The molecule has 3 heterocycles. The fourth-order valence-electron chi connectivity index (χ4n) is 3.09. The molecule has 1 aromatic carbocycles. The molecule has 0 bridgehead atoms. The molecule has 0 aliphatic carbocycles. The molecule has 0 fully saturated rings. The van der Waals surface area contributed by atoms with Crippen LogP contribution in [0.15, 0.2) is 47.9 Å². The Morgan fingerprint density at radius 2 is 1.80 bits per heavy atom. The van der Waals surface area contributed by atoms with Gasteiger partial charge in [0.1, 0.15) is 0 Å². The summed E-state index contributed by atoms with van der Waals surface area (Å²) in [5, 5.41) is 21.9. The van der Waals surface area contributed by atoms with E-state index in [1.807, 2.05) is 16.8 Å². The number of tetrazole rings is 1. The van der Waals surface area contributed by atoms with E-state index in [0.717, 1.165) is 47.4 Å². The van der Waals surface area contributed by atoms with Gasteiger partial charge in [-0.15, -0.1) is 15.3 Å². The number of pyridine rings is 1. The Bertz CT molecular complexity index is 1120. The van der Waals surface area contributed by atoms with Gasteiger partial charge in [0.05, 0.1) is 11.4 Å². The van der Waals surface area contributed by atoms with Gasteiger partial charge < -0.3 is 0 Å². The molecule has 0 saturated heterocycles. The van der Waals surface area contributed by atoms with Crippen LogP contribution in [0.1, 0.15) is 36.7 Å². The molecule has 0 aliphatic rings. The number of benzene rings is 1. The molecule has 30 heavy (non-hydrogen) atoms. The lowest BCUT2D eigenvalue weighted by molar-refractivity contribution is 0.540. The quantitative estimate of drug-likeness (QED) is 0.398. The maximum atomic E-state index is 4.49. The van der Waals surface area contributed by atoms with E-state index in [4.69, 9.17) is 0 Å². The van der Waals surface area contributed by atoms with Crippen molar-refractivity contribution in [1.82, 2.24) is 40.0 Å². The standard InChI is InChI=1S/C21H24N8S/c1-4-5-12-28-19(23-26-27-28)14-30-21-25-24-20(17-8-10-22-11-9-17)29(21)18-7-6-15(2)16(3)13-18/h6-11,13H,4-5,12,14H2,1-3H3. The van der Waals surface area contributed by atoms with Crippen LogP contribution in [-0.4, -0.2) is 40.0 Å². The van der Waals surface area contributed by atoms with Crippen LogP contribution in [-0.2, 0) is 12.3 Å². The predicted molar refractivity (Wildman–Crippen MR) is 116 cm³/mol. The number of hydrogen-bond donors (Lipinski definition) is 0. The second-order valence-electron chi connectivity index (χ2n) is 7.11. The zero-order chi connectivity index (χ0) is 20.9. The Morgan fingerprint density at radius 1 is 0.967 bits per heavy atom. The molecule has 8 nitrogen and oxygen atoms in total. The SMILES string of the molecule is CCCCn1nnnc1CSc1nnc(-c2ccncc2)n1-c1ccc(C)c(C)c1. The summed E-state index contributed by atoms with van der Waals surface area (Å²) < 4.78 is 3.96. The van der Waals surface area contributed by atoms with Crippen molar-refractivity contribution in [1.29, 1.82) is 0 Å². The number of rotatable bonds is 8. The van der Waals surface area contributed by atoms with Gasteiger partial charge in [-0.1, -0.05) is 31.2 Å². The summed E-state index contributed by atoms with van der Waals surface area (Å²) in [6, 6.07) is 10.3. The van der Waals surface area contributed by atoms with Gasteiger partial charge in [0.2, 0.25) is 0 Å². The van der Waals surface area contributed by atoms with Gasteiger partial charge in [-0.25, -0.2) is 4.68 Å². The van der Waals surface area contributed by atoms with E-state index in [1.54, 1.807) is 24.2 Å². The van der Waals surface area contributed by atoms with Crippen molar-refractivity contribution in [2.45, 2.75) is 51.1 Å². The third-order valence-corrected chi connectivity index (χ3v) is 5.91. The fraction of sp³-hybridized carbons (Fsp3) is 0.333. The van der Waals surface area contributed by atoms with Gasteiger partial charge >= 0.3 is 0 Å². The minimum Gasteiger partial charge on any atom is -0.270 e. The predicted octanol–water partition coefficient (Wildman–Crippen LogP) is 4.03. The number of aryl methyl sites for hydroxylation is 3. The molecule has 0 saturated carbocycles. The second-order valence-corrected chi connectivity index (χ2v) is 8.05. The van der Waals surface area contributed by atoms with Crippen LogP contribution in [0.2, 0.25) is 0 Å². The fourth-order valence-corrected chi connectivity index (χ4v) is 3.97. The molecular weight excluding hydrogens is 396 g/mol. The molecule has 0 spiro atoms. The van der Waals surface area contributed by atoms with Crippen molar-refractivity contribution in [3.8, 4) is 17.1 Å². The molecule has 0 radical (unpaired) electrons. The van der Waals surface area contributed by atoms with Crippen molar-refractivity contribution in [3.63, 3.8) is 0 Å². The summed E-state index contributed by atoms with van der Waals surface area (Å²) >= 11 is 1.58. The molecule has 154 valence electrons. The number of nitrogens with zero attached hydrogens (tertiary/aromatic N) is 8. The number of thioether (sulfide) groups is 1. The van der Waals surface area contributed by atoms with Crippen LogP contribution in [0.25, 0.3) is 17.1 Å². The van der Waals surface area contributed by atoms with Gasteiger partial charge in [0, 0.05) is 24.5 Å². The van der Waals surface area contributed by atoms with E-state index < -0.39 is 0 Å². The van der Waals surface area contributed by atoms with Gasteiger partial charge in [-0.3, -0.25) is 9.55 Å². The lowest BCUT2D eigenvalue weighted by atomic mass is 10.1. The minimum atomic E-state index is 0.621. The molecule has 0 aliphatic heterocycles. The van der Waals surface area contributed by atoms with Crippen LogP contribution in [0.3, 0.4) is 0 Å². The maximum absolute atomic E-state index is 4.49. The van der Waals surface area contributed by atoms with E-state index in [0.29, 0.717) is 5.75 Å². The van der Waals surface area contributed by atoms with Crippen LogP contribution in [0, 0.1) is 13.8 Å². The first kappa shape index (κ1) is 20.2. The Kier molecular flexibility index (Phi) is 6.18. The first-order valence-corrected chi connectivity index (χ1v) is 11.0. The Morgan fingerprint density at radius 3 is 2.57 bits per heavy atom. The molecule has 4 rings (SSSR count). The van der Waals surface area contributed by atoms with Crippen molar-refractivity contribution >= 4 is 11.8 Å². The van der Waals surface area contributed by atoms with Crippen molar-refractivity contribution in [2.24, 2.45) is 0 Å². The van der Waals surface area contributed by atoms with Gasteiger partial charge in [0.15, 0.2) is 16.8 Å². The summed E-state index contributed by atoms with van der Waals surface area (Å²) in [7, 11) is 0. The smallest absolute Gasteiger partial charge is 0.196 e. The van der Waals surface area contributed by atoms with Gasteiger partial charge in [-0.2, -0.15) is 0 Å². The molecule has 4 aromatic rings. The number of aromatic nitrogens is 8. The summed E-state index contributed by atoms with van der Waals surface area (Å²) in [6.07, 6.45) is 5.68. The minimum absolute atomic E-state index is 0.621. The third-order valence-electron chi connectivity index (χ3n) is 4.98. The van der Waals surface area contributed by atoms with E-state index in [2.05, 4.69) is 74.2 Å². The topological polar surface area (TPSA) is 87.2 Å². The Hall–Kier alpha value is -3.07. The monoisotopic (exact) mass is 420 g/mol. The largest absolute Gasteiger partial charge is 0.270 e. The first-order chi connectivity index (χ1) is 14.7. The second kappa shape index (κ2) is 9.17. The molecule has 0 atom stereocenters. The average Bonchev–Trinajstić information content (AvgIpc) is 3.40. The van der Waals surface area contributed by atoms with Crippen molar-refractivity contribution in [2.75, 3.05) is 0 Å². The lowest BCUT2D eigenvalue weighted by Gasteiger charge is -2.12. The highest BCUT2D eigenvalue weighted by Crippen LogP contribution is 2.30. The highest BCUT2D eigenvalue weighted by molar-refractivity contribution is 7.98. The normalized spacial score (nSPS) is 11.2. The molecule has 0 N–H and O–H groups in total. The first-order valence-electron chi connectivity index (χ1n) is 9.98. The van der Waals surface area contributed by atoms with E-state index in [-0.39, 0.29) is 0 Å². The molecular formula is C21H24N8S.